The topological polar surface area (TPSA) is 3.24 Å². The molecule has 1 nitrogen and oxygen atoms in total. The highest BCUT2D eigenvalue weighted by Crippen LogP contribution is 2.58. The molecule has 0 radical (unpaired) electrons. The molecular weight excluding hydrogens is 735 g/mol. The number of nitrogens with zero attached hydrogens (tertiary/aromatic N) is 1. The standard InChI is InChI=1S/C60H49N/c1-42-17-16-28-56-59(42)54-38-37-53(41-57(54)60(56,50-24-10-4-11-25-50)51-26-12-5-13-27-51)61(58-40-49-23-15-14-22-48(49)39-55(58)47-20-8-3-9-21-47)52-35-33-46(34-36-52)45-31-29-44(30-32-45)43-18-6-2-7-19-43/h3-5,8-17,20-41,43H,2,6-7,18-19H2,1H3. The van der Waals surface area contributed by atoms with Gasteiger partial charge in [-0.25, -0.2) is 0 Å². The first-order valence-electron chi connectivity index (χ1n) is 22.1. The van der Waals surface area contributed by atoms with Crippen LogP contribution in [0.2, 0.25) is 0 Å². The molecule has 0 unspecified atom stereocenters. The van der Waals surface area contributed by atoms with E-state index in [0.717, 1.165) is 17.1 Å². The van der Waals surface area contributed by atoms with E-state index in [1.54, 1.807) is 0 Å². The molecule has 0 N–H and O–H groups in total. The maximum absolute atomic E-state index is 2.50. The maximum atomic E-state index is 2.50. The molecule has 1 heteroatoms. The molecule has 294 valence electrons. The maximum Gasteiger partial charge on any atom is 0.0714 e. The number of hydrogen-bond acceptors (Lipinski definition) is 1. The molecule has 2 aliphatic carbocycles. The summed E-state index contributed by atoms with van der Waals surface area (Å²) >= 11 is 0. The summed E-state index contributed by atoms with van der Waals surface area (Å²) < 4.78 is 0. The van der Waals surface area contributed by atoms with E-state index in [0.29, 0.717) is 5.92 Å². The molecule has 1 saturated carbocycles. The van der Waals surface area contributed by atoms with E-state index in [9.17, 15) is 0 Å². The Kier molecular flexibility index (Phi) is 9.46. The van der Waals surface area contributed by atoms with E-state index in [2.05, 4.69) is 224 Å². The number of hydrogen-bond donors (Lipinski definition) is 0. The first kappa shape index (κ1) is 37.1. The highest BCUT2D eigenvalue weighted by molar-refractivity contribution is 5.99. The summed E-state index contributed by atoms with van der Waals surface area (Å²) in [5, 5.41) is 2.44. The SMILES string of the molecule is Cc1cccc2c1-c1ccc(N(c3ccc(-c4ccc(C5CCCCC5)cc4)cc3)c3cc4ccccc4cc3-c3ccccc3)cc1C2(c1ccccc1)c1ccccc1. The van der Waals surface area contributed by atoms with E-state index in [4.69, 9.17) is 0 Å². The third-order valence-corrected chi connectivity index (χ3v) is 13.7. The van der Waals surface area contributed by atoms with E-state index >= 15 is 0 Å². The Hall–Kier alpha value is -6.96. The third-order valence-electron chi connectivity index (χ3n) is 13.7. The fraction of sp³-hybridized carbons (Fsp3) is 0.133. The molecule has 0 aliphatic heterocycles. The monoisotopic (exact) mass is 783 g/mol. The van der Waals surface area contributed by atoms with Gasteiger partial charge in [-0.2, -0.15) is 0 Å². The van der Waals surface area contributed by atoms with Crippen molar-refractivity contribution >= 4 is 27.8 Å². The first-order valence-corrected chi connectivity index (χ1v) is 22.1. The van der Waals surface area contributed by atoms with Crippen LogP contribution in [-0.4, -0.2) is 0 Å². The van der Waals surface area contributed by atoms with Crippen molar-refractivity contribution in [1.29, 1.82) is 0 Å². The minimum atomic E-state index is -0.514. The summed E-state index contributed by atoms with van der Waals surface area (Å²) in [6, 6.07) is 79.5. The highest BCUT2D eigenvalue weighted by atomic mass is 15.1. The quantitative estimate of drug-likeness (QED) is 0.148. The Balaban J connectivity index is 1.13. The van der Waals surface area contributed by atoms with Crippen LogP contribution >= 0.6 is 0 Å². The molecule has 0 aromatic heterocycles. The molecule has 0 heterocycles. The number of benzene rings is 9. The second-order valence-electron chi connectivity index (χ2n) is 17.1. The Bertz CT molecular complexity index is 2940. The molecule has 0 bridgehead atoms. The van der Waals surface area contributed by atoms with Crippen LogP contribution in [0.1, 0.15) is 71.4 Å². The second kappa shape index (κ2) is 15.6. The summed E-state index contributed by atoms with van der Waals surface area (Å²) in [6.45, 7) is 2.27. The number of aryl methyl sites for hydroxylation is 1. The van der Waals surface area contributed by atoms with Gasteiger partial charge in [0.1, 0.15) is 0 Å². The highest BCUT2D eigenvalue weighted by Gasteiger charge is 2.47. The van der Waals surface area contributed by atoms with Crippen LogP contribution in [-0.2, 0) is 5.41 Å². The van der Waals surface area contributed by atoms with Crippen molar-refractivity contribution in [2.45, 2.75) is 50.4 Å². The average Bonchev–Trinajstić information content (AvgIpc) is 3.64. The summed E-state index contributed by atoms with van der Waals surface area (Å²) in [4.78, 5) is 2.50. The van der Waals surface area contributed by atoms with Crippen LogP contribution in [0.5, 0.6) is 0 Å². The van der Waals surface area contributed by atoms with Gasteiger partial charge < -0.3 is 4.90 Å². The lowest BCUT2D eigenvalue weighted by molar-refractivity contribution is 0.443. The van der Waals surface area contributed by atoms with Crippen LogP contribution in [0.25, 0.3) is 44.2 Å². The zero-order valence-corrected chi connectivity index (χ0v) is 34.8. The summed E-state index contributed by atoms with van der Waals surface area (Å²) in [6.07, 6.45) is 6.71. The van der Waals surface area contributed by atoms with Crippen molar-refractivity contribution in [2.75, 3.05) is 4.90 Å². The molecule has 61 heavy (non-hydrogen) atoms. The van der Waals surface area contributed by atoms with E-state index in [1.807, 2.05) is 0 Å². The largest absolute Gasteiger partial charge is 0.310 e. The van der Waals surface area contributed by atoms with E-state index in [-0.39, 0.29) is 0 Å². The van der Waals surface area contributed by atoms with Crippen molar-refractivity contribution in [3.63, 3.8) is 0 Å². The van der Waals surface area contributed by atoms with Gasteiger partial charge in [0.25, 0.3) is 0 Å². The van der Waals surface area contributed by atoms with Crippen LogP contribution in [0.4, 0.5) is 17.1 Å². The number of fused-ring (bicyclic) bond motifs is 4. The minimum absolute atomic E-state index is 0.514. The predicted octanol–water partition coefficient (Wildman–Crippen LogP) is 16.4. The van der Waals surface area contributed by atoms with Gasteiger partial charge in [0.2, 0.25) is 0 Å². The molecule has 0 saturated heterocycles. The predicted molar refractivity (Wildman–Crippen MR) is 257 cm³/mol. The molecule has 9 aromatic carbocycles. The molecule has 0 atom stereocenters. The lowest BCUT2D eigenvalue weighted by Crippen LogP contribution is -2.28. The minimum Gasteiger partial charge on any atom is -0.310 e. The van der Waals surface area contributed by atoms with Gasteiger partial charge in [-0.15, -0.1) is 0 Å². The van der Waals surface area contributed by atoms with Gasteiger partial charge in [0.05, 0.1) is 11.1 Å². The molecular formula is C60H49N. The smallest absolute Gasteiger partial charge is 0.0714 e. The third kappa shape index (κ3) is 6.39. The zero-order chi connectivity index (χ0) is 40.8. The number of rotatable bonds is 8. The van der Waals surface area contributed by atoms with E-state index < -0.39 is 5.41 Å². The Labute approximate surface area is 360 Å². The normalized spacial score (nSPS) is 14.4. The molecule has 9 aromatic rings. The molecule has 2 aliphatic rings. The summed E-state index contributed by atoms with van der Waals surface area (Å²) in [5.41, 5.74) is 18.3. The van der Waals surface area contributed by atoms with Gasteiger partial charge in [-0.3, -0.25) is 0 Å². The van der Waals surface area contributed by atoms with Crippen molar-refractivity contribution < 1.29 is 0 Å². The molecule has 0 amide bonds. The van der Waals surface area contributed by atoms with Gasteiger partial charge in [0.15, 0.2) is 0 Å². The van der Waals surface area contributed by atoms with Crippen LogP contribution < -0.4 is 4.90 Å². The average molecular weight is 784 g/mol. The summed E-state index contributed by atoms with van der Waals surface area (Å²) in [5.74, 6) is 0.700. The summed E-state index contributed by atoms with van der Waals surface area (Å²) in [7, 11) is 0. The fourth-order valence-corrected chi connectivity index (χ4v) is 10.7. The lowest BCUT2D eigenvalue weighted by atomic mass is 9.67. The second-order valence-corrected chi connectivity index (χ2v) is 17.1. The Morgan fingerprint density at radius 3 is 1.66 bits per heavy atom. The van der Waals surface area contributed by atoms with Gasteiger partial charge in [-0.05, 0) is 134 Å². The van der Waals surface area contributed by atoms with Crippen molar-refractivity contribution in [2.24, 2.45) is 0 Å². The lowest BCUT2D eigenvalue weighted by Gasteiger charge is -2.35. The van der Waals surface area contributed by atoms with Crippen LogP contribution in [0.15, 0.2) is 212 Å². The van der Waals surface area contributed by atoms with Gasteiger partial charge in [-0.1, -0.05) is 195 Å². The first-order chi connectivity index (χ1) is 30.2. The van der Waals surface area contributed by atoms with Crippen molar-refractivity contribution in [3.8, 4) is 33.4 Å². The molecule has 1 fully saturated rings. The van der Waals surface area contributed by atoms with Crippen molar-refractivity contribution in [3.05, 3.63) is 246 Å². The molecule has 0 spiro atoms. The van der Waals surface area contributed by atoms with Crippen LogP contribution in [0, 0.1) is 6.92 Å². The molecule has 11 rings (SSSR count). The Morgan fingerprint density at radius 1 is 0.426 bits per heavy atom. The van der Waals surface area contributed by atoms with Crippen molar-refractivity contribution in [1.82, 2.24) is 0 Å². The van der Waals surface area contributed by atoms with Crippen LogP contribution in [0.3, 0.4) is 0 Å². The number of anilines is 3. The van der Waals surface area contributed by atoms with E-state index in [1.165, 1.54) is 110 Å². The van der Waals surface area contributed by atoms with Gasteiger partial charge in [0, 0.05) is 16.9 Å². The van der Waals surface area contributed by atoms with Gasteiger partial charge >= 0.3 is 0 Å². The Morgan fingerprint density at radius 2 is 1.00 bits per heavy atom. The fourth-order valence-electron chi connectivity index (χ4n) is 10.7. The zero-order valence-electron chi connectivity index (χ0n) is 34.8.